The number of methoxy groups -OCH3 is 1. The first-order valence-electron chi connectivity index (χ1n) is 7.97. The molecule has 4 nitrogen and oxygen atoms in total. The highest BCUT2D eigenvalue weighted by Crippen LogP contribution is 2.44. The summed E-state index contributed by atoms with van der Waals surface area (Å²) in [6, 6.07) is 0. The summed E-state index contributed by atoms with van der Waals surface area (Å²) < 4.78 is 7.55. The molecule has 0 spiro atoms. The van der Waals surface area contributed by atoms with Crippen LogP contribution < -0.4 is 10.1 Å². The number of nitrogens with zero attached hydrogens (tertiary/aromatic N) is 2. The zero-order chi connectivity index (χ0) is 14.5. The lowest BCUT2D eigenvalue weighted by atomic mass is 9.71. The summed E-state index contributed by atoms with van der Waals surface area (Å²) in [4.78, 5) is 0. The van der Waals surface area contributed by atoms with Crippen molar-refractivity contribution in [3.8, 4) is 5.75 Å². The van der Waals surface area contributed by atoms with Crippen molar-refractivity contribution in [1.29, 1.82) is 0 Å². The summed E-state index contributed by atoms with van der Waals surface area (Å²) in [6.45, 7) is 6.64. The first-order valence-corrected chi connectivity index (χ1v) is 7.97. The Bertz CT molecular complexity index is 416. The van der Waals surface area contributed by atoms with Gasteiger partial charge in [-0.2, -0.15) is 5.10 Å². The second-order valence-electron chi connectivity index (χ2n) is 5.98. The van der Waals surface area contributed by atoms with E-state index in [1.807, 2.05) is 17.9 Å². The first-order chi connectivity index (χ1) is 9.71. The molecule has 1 aliphatic rings. The predicted molar refractivity (Wildman–Crippen MR) is 82.2 cm³/mol. The SMILES string of the molecule is CCNCC1CCC(CC)CC1c1c(OC)cnn1C. The fourth-order valence-electron chi connectivity index (χ4n) is 3.61. The van der Waals surface area contributed by atoms with E-state index < -0.39 is 0 Å². The zero-order valence-electron chi connectivity index (χ0n) is 13.4. The maximum Gasteiger partial charge on any atom is 0.160 e. The van der Waals surface area contributed by atoms with Gasteiger partial charge in [0.05, 0.1) is 19.0 Å². The van der Waals surface area contributed by atoms with Crippen molar-refractivity contribution in [2.24, 2.45) is 18.9 Å². The van der Waals surface area contributed by atoms with E-state index in [2.05, 4.69) is 24.3 Å². The van der Waals surface area contributed by atoms with Gasteiger partial charge < -0.3 is 10.1 Å². The van der Waals surface area contributed by atoms with E-state index in [1.165, 1.54) is 31.4 Å². The van der Waals surface area contributed by atoms with Crippen LogP contribution in [0.2, 0.25) is 0 Å². The molecule has 4 heteroatoms. The Hall–Kier alpha value is -1.03. The Labute approximate surface area is 122 Å². The van der Waals surface area contributed by atoms with Gasteiger partial charge in [-0.05, 0) is 37.8 Å². The summed E-state index contributed by atoms with van der Waals surface area (Å²) in [7, 11) is 3.79. The number of hydrogen-bond donors (Lipinski definition) is 1. The highest BCUT2D eigenvalue weighted by molar-refractivity contribution is 5.29. The summed E-state index contributed by atoms with van der Waals surface area (Å²) >= 11 is 0. The molecule has 3 atom stereocenters. The van der Waals surface area contributed by atoms with Crippen LogP contribution in [0.4, 0.5) is 0 Å². The maximum atomic E-state index is 5.54. The monoisotopic (exact) mass is 279 g/mol. The van der Waals surface area contributed by atoms with Gasteiger partial charge in [-0.15, -0.1) is 0 Å². The summed E-state index contributed by atoms with van der Waals surface area (Å²) in [6.07, 6.45) is 7.08. The summed E-state index contributed by atoms with van der Waals surface area (Å²) in [5, 5.41) is 7.93. The van der Waals surface area contributed by atoms with Crippen molar-refractivity contribution < 1.29 is 4.74 Å². The van der Waals surface area contributed by atoms with Crippen LogP contribution in [0.25, 0.3) is 0 Å². The van der Waals surface area contributed by atoms with Gasteiger partial charge in [-0.3, -0.25) is 4.68 Å². The lowest BCUT2D eigenvalue weighted by molar-refractivity contribution is 0.216. The number of nitrogens with one attached hydrogen (secondary N) is 1. The highest BCUT2D eigenvalue weighted by atomic mass is 16.5. The Morgan fingerprint density at radius 1 is 1.40 bits per heavy atom. The van der Waals surface area contributed by atoms with Crippen molar-refractivity contribution in [1.82, 2.24) is 15.1 Å². The zero-order valence-corrected chi connectivity index (χ0v) is 13.4. The third-order valence-corrected chi connectivity index (χ3v) is 4.86. The molecule has 1 aromatic rings. The molecule has 20 heavy (non-hydrogen) atoms. The topological polar surface area (TPSA) is 39.1 Å². The van der Waals surface area contributed by atoms with Gasteiger partial charge in [0.1, 0.15) is 0 Å². The summed E-state index contributed by atoms with van der Waals surface area (Å²) in [5.74, 6) is 3.06. The Balaban J connectivity index is 2.23. The minimum Gasteiger partial charge on any atom is -0.493 e. The van der Waals surface area contributed by atoms with Gasteiger partial charge in [-0.25, -0.2) is 0 Å². The molecule has 1 aromatic heterocycles. The largest absolute Gasteiger partial charge is 0.493 e. The maximum absolute atomic E-state index is 5.54. The molecule has 1 N–H and O–H groups in total. The van der Waals surface area contributed by atoms with Crippen molar-refractivity contribution in [3.63, 3.8) is 0 Å². The molecule has 0 bridgehead atoms. The molecule has 0 amide bonds. The smallest absolute Gasteiger partial charge is 0.160 e. The molecule has 0 aromatic carbocycles. The van der Waals surface area contributed by atoms with Crippen LogP contribution in [0.5, 0.6) is 5.75 Å². The van der Waals surface area contributed by atoms with Gasteiger partial charge in [0.25, 0.3) is 0 Å². The van der Waals surface area contributed by atoms with E-state index in [1.54, 1.807) is 7.11 Å². The number of hydrogen-bond acceptors (Lipinski definition) is 3. The van der Waals surface area contributed by atoms with Gasteiger partial charge in [0, 0.05) is 13.0 Å². The third-order valence-electron chi connectivity index (χ3n) is 4.86. The van der Waals surface area contributed by atoms with Crippen LogP contribution >= 0.6 is 0 Å². The third kappa shape index (κ3) is 3.17. The average Bonchev–Trinajstić information content (AvgIpc) is 2.85. The number of ether oxygens (including phenoxy) is 1. The van der Waals surface area contributed by atoms with Crippen molar-refractivity contribution in [2.45, 2.75) is 45.4 Å². The number of aromatic nitrogens is 2. The number of aryl methyl sites for hydroxylation is 1. The first kappa shape index (κ1) is 15.4. The Morgan fingerprint density at radius 2 is 2.20 bits per heavy atom. The lowest BCUT2D eigenvalue weighted by Gasteiger charge is -2.36. The molecule has 114 valence electrons. The van der Waals surface area contributed by atoms with E-state index in [0.29, 0.717) is 11.8 Å². The van der Waals surface area contributed by atoms with E-state index in [-0.39, 0.29) is 0 Å². The standard InChI is InChI=1S/C16H29N3O/c1-5-12-7-8-13(10-17-6-2)14(9-12)16-15(20-4)11-18-19(16)3/h11-14,17H,5-10H2,1-4H3. The fourth-order valence-corrected chi connectivity index (χ4v) is 3.61. The van der Waals surface area contributed by atoms with Crippen LogP contribution in [0, 0.1) is 11.8 Å². The second kappa shape index (κ2) is 7.11. The van der Waals surface area contributed by atoms with Gasteiger partial charge in [0.15, 0.2) is 5.75 Å². The molecule has 0 aliphatic heterocycles. The van der Waals surface area contributed by atoms with Crippen LogP contribution in [0.1, 0.15) is 51.1 Å². The molecular formula is C16H29N3O. The molecule has 1 saturated carbocycles. The Morgan fingerprint density at radius 3 is 2.85 bits per heavy atom. The molecule has 1 aliphatic carbocycles. The fraction of sp³-hybridized carbons (Fsp3) is 0.812. The van der Waals surface area contributed by atoms with Gasteiger partial charge in [0.2, 0.25) is 0 Å². The van der Waals surface area contributed by atoms with E-state index in [0.717, 1.165) is 24.8 Å². The van der Waals surface area contributed by atoms with Gasteiger partial charge in [-0.1, -0.05) is 26.7 Å². The van der Waals surface area contributed by atoms with Crippen LogP contribution in [-0.2, 0) is 7.05 Å². The van der Waals surface area contributed by atoms with E-state index >= 15 is 0 Å². The minimum atomic E-state index is 0.565. The molecule has 1 fully saturated rings. The molecule has 0 saturated heterocycles. The van der Waals surface area contributed by atoms with E-state index in [4.69, 9.17) is 4.74 Å². The molecule has 1 heterocycles. The minimum absolute atomic E-state index is 0.565. The molecular weight excluding hydrogens is 250 g/mol. The van der Waals surface area contributed by atoms with Crippen molar-refractivity contribution in [2.75, 3.05) is 20.2 Å². The van der Waals surface area contributed by atoms with Crippen LogP contribution in [0.3, 0.4) is 0 Å². The molecule has 3 unspecified atom stereocenters. The van der Waals surface area contributed by atoms with Crippen LogP contribution in [-0.4, -0.2) is 30.0 Å². The Kier molecular flexibility index (Phi) is 5.46. The van der Waals surface area contributed by atoms with E-state index in [9.17, 15) is 0 Å². The lowest BCUT2D eigenvalue weighted by Crippen LogP contribution is -2.33. The normalized spacial score (nSPS) is 26.7. The van der Waals surface area contributed by atoms with Crippen LogP contribution in [0.15, 0.2) is 6.20 Å². The van der Waals surface area contributed by atoms with Crippen molar-refractivity contribution >= 4 is 0 Å². The van der Waals surface area contributed by atoms with Gasteiger partial charge >= 0.3 is 0 Å². The molecule has 2 rings (SSSR count). The average molecular weight is 279 g/mol. The number of rotatable bonds is 6. The quantitative estimate of drug-likeness (QED) is 0.870. The van der Waals surface area contributed by atoms with Crippen molar-refractivity contribution in [3.05, 3.63) is 11.9 Å². The highest BCUT2D eigenvalue weighted by Gasteiger charge is 2.34. The summed E-state index contributed by atoms with van der Waals surface area (Å²) in [5.41, 5.74) is 1.29. The second-order valence-corrected chi connectivity index (χ2v) is 5.98. The predicted octanol–water partition coefficient (Wildman–Crippen LogP) is 2.95. The molecule has 0 radical (unpaired) electrons.